The molecule has 0 N–H and O–H groups in total. The maximum Gasteiger partial charge on any atom is 0.254 e. The van der Waals surface area contributed by atoms with Crippen LogP contribution in [0.1, 0.15) is 25.0 Å². The Labute approximate surface area is 124 Å². The second kappa shape index (κ2) is 5.14. The van der Waals surface area contributed by atoms with E-state index in [-0.39, 0.29) is 16.9 Å². The largest absolute Gasteiger partial charge is 0.489 e. The van der Waals surface area contributed by atoms with E-state index in [0.29, 0.717) is 25.3 Å². The molecule has 3 rings (SSSR count). The van der Waals surface area contributed by atoms with Crippen molar-refractivity contribution in [1.82, 2.24) is 8.87 Å². The summed E-state index contributed by atoms with van der Waals surface area (Å²) in [5.74, 6) is 0.520. The van der Waals surface area contributed by atoms with Gasteiger partial charge in [-0.1, -0.05) is 0 Å². The van der Waals surface area contributed by atoms with Gasteiger partial charge in [0.1, 0.15) is 11.9 Å². The number of sulfonamides is 1. The van der Waals surface area contributed by atoms with E-state index in [4.69, 9.17) is 4.74 Å². The summed E-state index contributed by atoms with van der Waals surface area (Å²) >= 11 is 0. The van der Waals surface area contributed by atoms with E-state index in [1.165, 1.54) is 10.4 Å². The van der Waals surface area contributed by atoms with E-state index in [1.807, 2.05) is 6.92 Å². The molecule has 6 nitrogen and oxygen atoms in total. The summed E-state index contributed by atoms with van der Waals surface area (Å²) in [7, 11) is -1.42. The summed E-state index contributed by atoms with van der Waals surface area (Å²) in [5, 5.41) is -0.178. The molecule has 0 spiro atoms. The predicted molar refractivity (Wildman–Crippen MR) is 79.0 cm³/mol. The predicted octanol–water partition coefficient (Wildman–Crippen LogP) is 0.639. The van der Waals surface area contributed by atoms with Crippen LogP contribution in [0.2, 0.25) is 0 Å². The smallest absolute Gasteiger partial charge is 0.254 e. The van der Waals surface area contributed by atoms with Gasteiger partial charge in [-0.05, 0) is 32.3 Å². The molecule has 2 aliphatic rings. The molecule has 1 aliphatic carbocycles. The molecule has 7 heteroatoms. The van der Waals surface area contributed by atoms with Crippen molar-refractivity contribution in [2.24, 2.45) is 7.05 Å². The normalized spacial score (nSPS) is 23.4. The number of aryl methyl sites for hydroxylation is 1. The Morgan fingerprint density at radius 1 is 1.24 bits per heavy atom. The van der Waals surface area contributed by atoms with Crippen molar-refractivity contribution < 1.29 is 13.2 Å². The second-order valence-corrected chi connectivity index (χ2v) is 8.07. The first-order valence-electron chi connectivity index (χ1n) is 7.21. The van der Waals surface area contributed by atoms with E-state index in [2.05, 4.69) is 0 Å². The molecule has 2 fully saturated rings. The van der Waals surface area contributed by atoms with Gasteiger partial charge < -0.3 is 9.30 Å². The van der Waals surface area contributed by atoms with Gasteiger partial charge in [-0.3, -0.25) is 4.79 Å². The Bertz CT molecular complexity index is 706. The number of nitrogens with zero attached hydrogens (tertiary/aromatic N) is 2. The number of aromatic nitrogens is 1. The topological polar surface area (TPSA) is 68.6 Å². The van der Waals surface area contributed by atoms with Gasteiger partial charge in [-0.25, -0.2) is 8.42 Å². The quantitative estimate of drug-likeness (QED) is 0.818. The lowest BCUT2D eigenvalue weighted by atomic mass is 10.3. The fourth-order valence-corrected chi connectivity index (χ4v) is 4.49. The van der Waals surface area contributed by atoms with E-state index in [1.54, 1.807) is 17.7 Å². The van der Waals surface area contributed by atoms with Gasteiger partial charge in [0, 0.05) is 25.4 Å². The van der Waals surface area contributed by atoms with E-state index in [9.17, 15) is 13.2 Å². The van der Waals surface area contributed by atoms with Gasteiger partial charge in [-0.15, -0.1) is 0 Å². The molecule has 0 amide bonds. The van der Waals surface area contributed by atoms with E-state index >= 15 is 0 Å². The molecular formula is C14H20N2O4S. The van der Waals surface area contributed by atoms with Crippen LogP contribution in [0.15, 0.2) is 16.9 Å². The van der Waals surface area contributed by atoms with Crippen LogP contribution in [0.3, 0.4) is 0 Å². The van der Waals surface area contributed by atoms with Crippen LogP contribution in [0.5, 0.6) is 5.75 Å². The molecule has 1 aromatic heterocycles. The lowest BCUT2D eigenvalue weighted by molar-refractivity contribution is 0.214. The van der Waals surface area contributed by atoms with Gasteiger partial charge >= 0.3 is 0 Å². The van der Waals surface area contributed by atoms with Crippen LogP contribution in [-0.2, 0) is 17.1 Å². The van der Waals surface area contributed by atoms with Crippen molar-refractivity contribution in [2.45, 2.75) is 37.5 Å². The summed E-state index contributed by atoms with van der Waals surface area (Å²) in [4.78, 5) is 11.7. The SMILES string of the molecule is Cc1cc(OC2CCN(S(=O)(=O)C3CC3)C2)cc(=O)n1C. The zero-order chi connectivity index (χ0) is 15.2. The van der Waals surface area contributed by atoms with Gasteiger partial charge in [0.2, 0.25) is 10.0 Å². The highest BCUT2D eigenvalue weighted by Crippen LogP contribution is 2.33. The van der Waals surface area contributed by atoms with Gasteiger partial charge in [0.25, 0.3) is 5.56 Å². The highest BCUT2D eigenvalue weighted by molar-refractivity contribution is 7.90. The maximum absolute atomic E-state index is 12.2. The first kappa shape index (κ1) is 14.6. The van der Waals surface area contributed by atoms with Crippen LogP contribution in [0, 0.1) is 6.92 Å². The van der Waals surface area contributed by atoms with Gasteiger partial charge in [-0.2, -0.15) is 4.31 Å². The Hall–Kier alpha value is -1.34. The van der Waals surface area contributed by atoms with Crippen molar-refractivity contribution in [3.8, 4) is 5.75 Å². The molecule has 1 saturated carbocycles. The zero-order valence-corrected chi connectivity index (χ0v) is 13.1. The third kappa shape index (κ3) is 2.85. The van der Waals surface area contributed by atoms with Crippen molar-refractivity contribution in [2.75, 3.05) is 13.1 Å². The number of pyridine rings is 1. The van der Waals surface area contributed by atoms with Crippen LogP contribution >= 0.6 is 0 Å². The van der Waals surface area contributed by atoms with Crippen molar-refractivity contribution in [1.29, 1.82) is 0 Å². The molecule has 1 saturated heterocycles. The standard InChI is InChI=1S/C14H20N2O4S/c1-10-7-12(8-14(17)15(10)2)20-11-5-6-16(9-11)21(18,19)13-3-4-13/h7-8,11,13H,3-6,9H2,1-2H3. The third-order valence-electron chi connectivity index (χ3n) is 4.19. The fourth-order valence-electron chi connectivity index (χ4n) is 2.60. The average molecular weight is 312 g/mol. The second-order valence-electron chi connectivity index (χ2n) is 5.86. The highest BCUT2D eigenvalue weighted by atomic mass is 32.2. The number of rotatable bonds is 4. The third-order valence-corrected chi connectivity index (χ3v) is 6.56. The van der Waals surface area contributed by atoms with Crippen LogP contribution in [0.25, 0.3) is 0 Å². The first-order chi connectivity index (χ1) is 9.88. The summed E-state index contributed by atoms with van der Waals surface area (Å²) in [6.45, 7) is 2.73. The highest BCUT2D eigenvalue weighted by Gasteiger charge is 2.43. The molecule has 116 valence electrons. The monoisotopic (exact) mass is 312 g/mol. The van der Waals surface area contributed by atoms with Crippen molar-refractivity contribution >= 4 is 10.0 Å². The molecule has 0 radical (unpaired) electrons. The van der Waals surface area contributed by atoms with Crippen molar-refractivity contribution in [3.05, 3.63) is 28.2 Å². The lowest BCUT2D eigenvalue weighted by Gasteiger charge is -2.17. The Balaban J connectivity index is 1.69. The molecule has 1 unspecified atom stereocenters. The van der Waals surface area contributed by atoms with Gasteiger partial charge in [0.15, 0.2) is 0 Å². The van der Waals surface area contributed by atoms with Crippen molar-refractivity contribution in [3.63, 3.8) is 0 Å². The Morgan fingerprint density at radius 2 is 1.95 bits per heavy atom. The number of ether oxygens (including phenoxy) is 1. The minimum Gasteiger partial charge on any atom is -0.489 e. The Kier molecular flexibility index (Phi) is 3.57. The van der Waals surface area contributed by atoms with Crippen LogP contribution < -0.4 is 10.3 Å². The molecule has 0 bridgehead atoms. The summed E-state index contributed by atoms with van der Waals surface area (Å²) < 4.78 is 33.2. The first-order valence-corrected chi connectivity index (χ1v) is 8.71. The summed E-state index contributed by atoms with van der Waals surface area (Å²) in [6, 6.07) is 3.25. The molecule has 1 atom stereocenters. The number of hydrogen-bond acceptors (Lipinski definition) is 4. The van der Waals surface area contributed by atoms with Crippen LogP contribution in [0.4, 0.5) is 0 Å². The summed E-state index contributed by atoms with van der Waals surface area (Å²) in [6.07, 6.45) is 2.04. The average Bonchev–Trinajstić information content (AvgIpc) is 3.17. The molecule has 1 aromatic rings. The lowest BCUT2D eigenvalue weighted by Crippen LogP contribution is -2.33. The van der Waals surface area contributed by atoms with Crippen LogP contribution in [-0.4, -0.2) is 41.7 Å². The molecule has 0 aromatic carbocycles. The fraction of sp³-hybridized carbons (Fsp3) is 0.643. The van der Waals surface area contributed by atoms with Gasteiger partial charge in [0.05, 0.1) is 11.8 Å². The Morgan fingerprint density at radius 3 is 2.57 bits per heavy atom. The zero-order valence-electron chi connectivity index (χ0n) is 12.3. The van der Waals surface area contributed by atoms with E-state index in [0.717, 1.165) is 18.5 Å². The molecular weight excluding hydrogens is 292 g/mol. The summed E-state index contributed by atoms with van der Waals surface area (Å²) in [5.41, 5.74) is 0.698. The number of hydrogen-bond donors (Lipinski definition) is 0. The minimum atomic E-state index is -3.13. The maximum atomic E-state index is 12.2. The minimum absolute atomic E-state index is 0.120. The van der Waals surface area contributed by atoms with E-state index < -0.39 is 10.0 Å². The molecule has 21 heavy (non-hydrogen) atoms. The molecule has 1 aliphatic heterocycles. The molecule has 2 heterocycles.